The summed E-state index contributed by atoms with van der Waals surface area (Å²) < 4.78 is 34.3. The summed E-state index contributed by atoms with van der Waals surface area (Å²) in [6.07, 6.45) is 19.1. The number of aryl methyl sites for hydroxylation is 4. The van der Waals surface area contributed by atoms with Crippen molar-refractivity contribution >= 4 is 11.4 Å². The zero-order chi connectivity index (χ0) is 41.9. The maximum atomic E-state index is 15.7. The topological polar surface area (TPSA) is 76.3 Å². The van der Waals surface area contributed by atoms with Crippen molar-refractivity contribution < 1.29 is 8.78 Å². The molecular formula is C48H70F2N6O2. The van der Waals surface area contributed by atoms with E-state index in [2.05, 4.69) is 35.6 Å². The van der Waals surface area contributed by atoms with E-state index >= 15 is 8.78 Å². The Morgan fingerprint density at radius 1 is 0.500 bits per heavy atom. The molecule has 0 N–H and O–H groups in total. The van der Waals surface area contributed by atoms with E-state index in [1.165, 1.54) is 53.0 Å². The van der Waals surface area contributed by atoms with Crippen LogP contribution in [0.5, 0.6) is 0 Å². The first-order valence-corrected chi connectivity index (χ1v) is 22.3. The zero-order valence-electron chi connectivity index (χ0n) is 36.4. The Morgan fingerprint density at radius 3 is 1.31 bits per heavy atom. The number of unbranched alkanes of at least 4 members (excludes halogenated alkanes) is 13. The summed E-state index contributed by atoms with van der Waals surface area (Å²) in [6, 6.07) is 13.3. The molecule has 0 bridgehead atoms. The molecule has 0 aliphatic heterocycles. The van der Waals surface area contributed by atoms with Crippen molar-refractivity contribution in [1.82, 2.24) is 19.1 Å². The van der Waals surface area contributed by atoms with Gasteiger partial charge in [0.2, 0.25) is 0 Å². The van der Waals surface area contributed by atoms with Crippen LogP contribution in [-0.4, -0.2) is 45.3 Å². The first kappa shape index (κ1) is 46.4. The van der Waals surface area contributed by atoms with E-state index in [9.17, 15) is 9.59 Å². The van der Waals surface area contributed by atoms with E-state index in [1.807, 2.05) is 25.1 Å². The van der Waals surface area contributed by atoms with Gasteiger partial charge >= 0.3 is 0 Å². The predicted molar refractivity (Wildman–Crippen MR) is 237 cm³/mol. The molecule has 10 heteroatoms. The van der Waals surface area contributed by atoms with Gasteiger partial charge in [0.05, 0.1) is 22.7 Å². The molecule has 0 aliphatic rings. The third-order valence-corrected chi connectivity index (χ3v) is 11.1. The van der Waals surface area contributed by atoms with Gasteiger partial charge in [-0.3, -0.25) is 18.7 Å². The van der Waals surface area contributed by atoms with Crippen LogP contribution in [0.15, 0.2) is 58.1 Å². The van der Waals surface area contributed by atoms with Gasteiger partial charge in [0.15, 0.2) is 0 Å². The van der Waals surface area contributed by atoms with Crippen LogP contribution in [0.25, 0.3) is 11.4 Å². The summed E-state index contributed by atoms with van der Waals surface area (Å²) in [4.78, 5) is 39.5. The normalized spacial score (nSPS) is 11.4. The summed E-state index contributed by atoms with van der Waals surface area (Å²) in [5.41, 5.74) is 3.16. The Bertz CT molecular complexity index is 1960. The van der Waals surface area contributed by atoms with E-state index in [-0.39, 0.29) is 22.8 Å². The molecule has 4 aromatic rings. The number of benzene rings is 2. The number of anilines is 2. The van der Waals surface area contributed by atoms with E-state index in [0.29, 0.717) is 46.5 Å². The molecule has 2 aromatic carbocycles. The molecule has 2 heterocycles. The molecule has 0 amide bonds. The Hall–Kier alpha value is -4.34. The van der Waals surface area contributed by atoms with Crippen molar-refractivity contribution in [2.45, 2.75) is 157 Å². The van der Waals surface area contributed by atoms with Crippen molar-refractivity contribution in [3.8, 4) is 11.4 Å². The highest BCUT2D eigenvalue weighted by atomic mass is 19.1. The van der Waals surface area contributed by atoms with Gasteiger partial charge in [-0.25, -0.2) is 18.7 Å². The monoisotopic (exact) mass is 801 g/mol. The fourth-order valence-corrected chi connectivity index (χ4v) is 7.97. The molecule has 58 heavy (non-hydrogen) atoms. The van der Waals surface area contributed by atoms with Crippen molar-refractivity contribution in [1.29, 1.82) is 0 Å². The molecule has 0 saturated carbocycles. The maximum Gasteiger partial charge on any atom is 0.258 e. The van der Waals surface area contributed by atoms with Crippen LogP contribution in [0.3, 0.4) is 0 Å². The molecule has 0 saturated heterocycles. The molecule has 0 radical (unpaired) electrons. The average molecular weight is 801 g/mol. The molecule has 0 fully saturated rings. The van der Waals surface area contributed by atoms with Crippen LogP contribution >= 0.6 is 0 Å². The molecule has 0 spiro atoms. The van der Waals surface area contributed by atoms with Gasteiger partial charge in [0, 0.05) is 61.8 Å². The number of rotatable bonds is 27. The quantitative estimate of drug-likeness (QED) is 0.0559. The van der Waals surface area contributed by atoms with Gasteiger partial charge in [-0.1, -0.05) is 97.8 Å². The summed E-state index contributed by atoms with van der Waals surface area (Å²) in [5.74, 6) is 0.456. The zero-order valence-corrected chi connectivity index (χ0v) is 36.4. The maximum absolute atomic E-state index is 15.7. The Balaban J connectivity index is 1.31. The van der Waals surface area contributed by atoms with Crippen molar-refractivity contribution in [2.24, 2.45) is 0 Å². The third kappa shape index (κ3) is 13.9. The largest absolute Gasteiger partial charge is 0.369 e. The smallest absolute Gasteiger partial charge is 0.258 e. The lowest BCUT2D eigenvalue weighted by Gasteiger charge is -2.26. The molecule has 0 unspecified atom stereocenters. The Morgan fingerprint density at radius 2 is 0.897 bits per heavy atom. The molecule has 4 rings (SSSR count). The lowest BCUT2D eigenvalue weighted by molar-refractivity contribution is 0.571. The van der Waals surface area contributed by atoms with Crippen LogP contribution in [0.4, 0.5) is 20.2 Å². The van der Waals surface area contributed by atoms with E-state index in [1.54, 1.807) is 26.0 Å². The summed E-state index contributed by atoms with van der Waals surface area (Å²) in [7, 11) is 0. The SMILES string of the molecule is CCCCCCN(CCCCCC)c1ccc(-n2c(C)nc(CCCCCCCN(CCCCCC)c3ccc(-n4c(C)nc(C)cc4=O)cc3F)cc2=O)cc1F. The number of halogens is 2. The van der Waals surface area contributed by atoms with Crippen molar-refractivity contribution in [2.75, 3.05) is 36.0 Å². The summed E-state index contributed by atoms with van der Waals surface area (Å²) >= 11 is 0. The molecule has 8 nitrogen and oxygen atoms in total. The molecule has 0 aliphatic carbocycles. The van der Waals surface area contributed by atoms with Crippen molar-refractivity contribution in [3.63, 3.8) is 0 Å². The second-order valence-electron chi connectivity index (χ2n) is 16.0. The van der Waals surface area contributed by atoms with Gasteiger partial charge in [0.25, 0.3) is 11.1 Å². The second kappa shape index (κ2) is 24.6. The van der Waals surface area contributed by atoms with Gasteiger partial charge in [0.1, 0.15) is 23.3 Å². The third-order valence-electron chi connectivity index (χ3n) is 11.1. The van der Waals surface area contributed by atoms with Gasteiger partial charge in [-0.2, -0.15) is 0 Å². The minimum absolute atomic E-state index is 0.192. The van der Waals surface area contributed by atoms with Crippen LogP contribution in [0.1, 0.15) is 153 Å². The molecule has 318 valence electrons. The predicted octanol–water partition coefficient (Wildman–Crippen LogP) is 11.5. The average Bonchev–Trinajstić information content (AvgIpc) is 3.17. The molecule has 2 aromatic heterocycles. The first-order valence-electron chi connectivity index (χ1n) is 22.3. The molecule has 0 atom stereocenters. The highest BCUT2D eigenvalue weighted by Crippen LogP contribution is 2.26. The van der Waals surface area contributed by atoms with E-state index in [0.717, 1.165) is 115 Å². The van der Waals surface area contributed by atoms with Crippen LogP contribution in [-0.2, 0) is 6.42 Å². The lowest BCUT2D eigenvalue weighted by atomic mass is 10.1. The van der Waals surface area contributed by atoms with Crippen LogP contribution in [0.2, 0.25) is 0 Å². The minimum atomic E-state index is -0.334. The van der Waals surface area contributed by atoms with Gasteiger partial charge in [-0.15, -0.1) is 0 Å². The Labute approximate surface area is 346 Å². The van der Waals surface area contributed by atoms with Crippen LogP contribution in [0, 0.1) is 32.4 Å². The highest BCUT2D eigenvalue weighted by Gasteiger charge is 2.17. The highest BCUT2D eigenvalue weighted by molar-refractivity contribution is 5.54. The van der Waals surface area contributed by atoms with Crippen molar-refractivity contribution in [3.05, 3.63) is 104 Å². The van der Waals surface area contributed by atoms with E-state index in [4.69, 9.17) is 4.98 Å². The van der Waals surface area contributed by atoms with Gasteiger partial charge < -0.3 is 9.80 Å². The number of aromatic nitrogens is 4. The fourth-order valence-electron chi connectivity index (χ4n) is 7.97. The number of hydrogen-bond donors (Lipinski definition) is 0. The van der Waals surface area contributed by atoms with E-state index < -0.39 is 0 Å². The second-order valence-corrected chi connectivity index (χ2v) is 16.0. The lowest BCUT2D eigenvalue weighted by Crippen LogP contribution is -2.27. The first-order chi connectivity index (χ1) is 28.1. The summed E-state index contributed by atoms with van der Waals surface area (Å²) in [5, 5.41) is 0. The molecular weight excluding hydrogens is 731 g/mol. The summed E-state index contributed by atoms with van der Waals surface area (Å²) in [6.45, 7) is 15.1. The van der Waals surface area contributed by atoms with Gasteiger partial charge in [-0.05, 0) is 83.6 Å². The number of hydrogen-bond acceptors (Lipinski definition) is 6. The standard InChI is InChI=1S/C48H70F2N6O2/c1-7-10-13-20-29-53(30-21-14-11-8-2)45-28-26-42(36-44(45)50)56-39(6)52-40(34-48(56)58)24-19-17-16-18-23-32-54(31-22-15-12-9-3)46-27-25-41(35-43(46)49)55-38(5)51-37(4)33-47(55)57/h25-28,33-36H,7-24,29-32H2,1-6H3. The minimum Gasteiger partial charge on any atom is -0.369 e. The Kier molecular flexibility index (Phi) is 19.6. The fraction of sp³-hybridized carbons (Fsp3) is 0.583. The van der Waals surface area contributed by atoms with Crippen LogP contribution < -0.4 is 20.9 Å². The number of nitrogens with zero attached hydrogens (tertiary/aromatic N) is 6.